The lowest BCUT2D eigenvalue weighted by atomic mass is 10.0. The van der Waals surface area contributed by atoms with Crippen molar-refractivity contribution in [3.63, 3.8) is 0 Å². The Morgan fingerprint density at radius 1 is 1.29 bits per heavy atom. The summed E-state index contributed by atoms with van der Waals surface area (Å²) in [7, 11) is 0. The molecule has 7 heteroatoms. The van der Waals surface area contributed by atoms with Crippen LogP contribution in [-0.4, -0.2) is 26.1 Å². The van der Waals surface area contributed by atoms with E-state index in [2.05, 4.69) is 20.3 Å². The van der Waals surface area contributed by atoms with E-state index >= 15 is 0 Å². The van der Waals surface area contributed by atoms with Crippen LogP contribution in [0.3, 0.4) is 0 Å². The molecule has 0 spiro atoms. The van der Waals surface area contributed by atoms with E-state index in [4.69, 9.17) is 0 Å². The zero-order valence-corrected chi connectivity index (χ0v) is 15.0. The van der Waals surface area contributed by atoms with Crippen molar-refractivity contribution in [2.24, 2.45) is 0 Å². The van der Waals surface area contributed by atoms with Gasteiger partial charge in [0.2, 0.25) is 5.91 Å². The van der Waals surface area contributed by atoms with Crippen molar-refractivity contribution in [1.29, 1.82) is 0 Å². The predicted octanol–water partition coefficient (Wildman–Crippen LogP) is 4.02. The Hall–Kier alpha value is -1.86. The predicted molar refractivity (Wildman–Crippen MR) is 98.8 cm³/mol. The molecule has 2 N–H and O–H groups in total. The Bertz CT molecular complexity index is 829. The first-order valence-corrected chi connectivity index (χ1v) is 9.79. The van der Waals surface area contributed by atoms with Crippen LogP contribution in [-0.2, 0) is 17.6 Å². The number of aromatic nitrogens is 3. The Balaban J connectivity index is 1.42. The number of hydrogen-bond donors (Lipinski definition) is 2. The molecule has 2 aromatic heterocycles. The highest BCUT2D eigenvalue weighted by Crippen LogP contribution is 2.30. The van der Waals surface area contributed by atoms with Gasteiger partial charge in [0, 0.05) is 4.88 Å². The molecule has 0 fully saturated rings. The van der Waals surface area contributed by atoms with E-state index < -0.39 is 0 Å². The second-order valence-electron chi connectivity index (χ2n) is 5.90. The lowest BCUT2D eigenvalue weighted by Crippen LogP contribution is -2.22. The second kappa shape index (κ2) is 6.57. The van der Waals surface area contributed by atoms with Crippen LogP contribution in [0.5, 0.6) is 0 Å². The first-order valence-electron chi connectivity index (χ1n) is 8.10. The van der Waals surface area contributed by atoms with Gasteiger partial charge in [-0.15, -0.1) is 11.3 Å². The third kappa shape index (κ3) is 3.18. The lowest BCUT2D eigenvalue weighted by Gasteiger charge is -2.08. The number of aromatic amines is 1. The van der Waals surface area contributed by atoms with Gasteiger partial charge in [-0.25, -0.2) is 9.97 Å². The summed E-state index contributed by atoms with van der Waals surface area (Å²) in [6, 6.07) is 7.87. The van der Waals surface area contributed by atoms with Crippen molar-refractivity contribution in [3.8, 4) is 0 Å². The number of rotatable bonds is 4. The van der Waals surface area contributed by atoms with Crippen LogP contribution in [0.2, 0.25) is 0 Å². The molecule has 5 nitrogen and oxygen atoms in total. The van der Waals surface area contributed by atoms with Crippen molar-refractivity contribution >= 4 is 45.2 Å². The number of thiazole rings is 1. The summed E-state index contributed by atoms with van der Waals surface area (Å²) >= 11 is 3.05. The molecule has 0 aliphatic heterocycles. The Morgan fingerprint density at radius 2 is 2.12 bits per heavy atom. The molecule has 1 amide bonds. The molecule has 2 heterocycles. The summed E-state index contributed by atoms with van der Waals surface area (Å²) in [5.74, 6) is -0.0356. The van der Waals surface area contributed by atoms with Crippen molar-refractivity contribution in [3.05, 3.63) is 34.8 Å². The Morgan fingerprint density at radius 3 is 2.96 bits per heavy atom. The van der Waals surface area contributed by atoms with Crippen LogP contribution in [0.25, 0.3) is 11.0 Å². The highest BCUT2D eigenvalue weighted by molar-refractivity contribution is 8.00. The fraction of sp³-hybridized carbons (Fsp3) is 0.353. The second-order valence-corrected chi connectivity index (χ2v) is 8.32. The number of amides is 1. The normalized spacial score (nSPS) is 15.2. The number of nitrogens with one attached hydrogen (secondary N) is 2. The minimum absolute atomic E-state index is 0.0356. The zero-order valence-electron chi connectivity index (χ0n) is 13.3. The summed E-state index contributed by atoms with van der Waals surface area (Å²) in [5, 5.41) is 4.20. The van der Waals surface area contributed by atoms with E-state index in [1.54, 1.807) is 11.3 Å². The summed E-state index contributed by atoms with van der Waals surface area (Å²) < 4.78 is 0. The molecule has 1 aromatic carbocycles. The van der Waals surface area contributed by atoms with E-state index in [-0.39, 0.29) is 11.2 Å². The average Bonchev–Trinajstić information content (AvgIpc) is 3.16. The number of carbonyl (C=O) groups is 1. The van der Waals surface area contributed by atoms with Crippen molar-refractivity contribution in [2.45, 2.75) is 43.0 Å². The molecular formula is C17H18N4OS2. The van der Waals surface area contributed by atoms with Gasteiger partial charge in [-0.05, 0) is 44.7 Å². The van der Waals surface area contributed by atoms with Gasteiger partial charge >= 0.3 is 0 Å². The van der Waals surface area contributed by atoms with Gasteiger partial charge in [-0.2, -0.15) is 0 Å². The van der Waals surface area contributed by atoms with Gasteiger partial charge in [-0.1, -0.05) is 23.9 Å². The third-order valence-electron chi connectivity index (χ3n) is 4.10. The Labute approximate surface area is 148 Å². The fourth-order valence-electron chi connectivity index (χ4n) is 2.82. The topological polar surface area (TPSA) is 70.7 Å². The third-order valence-corrected chi connectivity index (χ3v) is 6.16. The minimum atomic E-state index is -0.244. The summed E-state index contributed by atoms with van der Waals surface area (Å²) in [6.45, 7) is 1.89. The molecule has 1 unspecified atom stereocenters. The van der Waals surface area contributed by atoms with Crippen molar-refractivity contribution < 1.29 is 4.79 Å². The molecule has 24 heavy (non-hydrogen) atoms. The number of H-pyrrole nitrogens is 1. The van der Waals surface area contributed by atoms with Crippen LogP contribution < -0.4 is 5.32 Å². The van der Waals surface area contributed by atoms with Gasteiger partial charge in [0.1, 0.15) is 0 Å². The number of aryl methyl sites for hydroxylation is 2. The minimum Gasteiger partial charge on any atom is -0.333 e. The number of anilines is 1. The van der Waals surface area contributed by atoms with Gasteiger partial charge in [0.05, 0.1) is 22.0 Å². The SMILES string of the molecule is CC(Sc1nc2ccccc2[nH]1)C(=O)Nc1nc2c(s1)CCCC2. The number of fused-ring (bicyclic) bond motifs is 2. The monoisotopic (exact) mass is 358 g/mol. The van der Waals surface area contributed by atoms with Gasteiger partial charge < -0.3 is 10.3 Å². The quantitative estimate of drug-likeness (QED) is 0.691. The molecular weight excluding hydrogens is 340 g/mol. The molecule has 124 valence electrons. The molecule has 1 atom stereocenters. The van der Waals surface area contributed by atoms with E-state index in [9.17, 15) is 4.79 Å². The first-order chi connectivity index (χ1) is 11.7. The molecule has 0 saturated heterocycles. The molecule has 0 bridgehead atoms. The summed E-state index contributed by atoms with van der Waals surface area (Å²) in [4.78, 5) is 26.1. The van der Waals surface area contributed by atoms with Gasteiger partial charge in [0.25, 0.3) is 0 Å². The maximum atomic E-state index is 12.4. The van der Waals surface area contributed by atoms with Crippen LogP contribution in [0, 0.1) is 0 Å². The molecule has 1 aliphatic carbocycles. The summed E-state index contributed by atoms with van der Waals surface area (Å²) in [5.41, 5.74) is 3.07. The lowest BCUT2D eigenvalue weighted by molar-refractivity contribution is -0.115. The number of nitrogens with zero attached hydrogens (tertiary/aromatic N) is 2. The number of imidazole rings is 1. The number of thioether (sulfide) groups is 1. The Kier molecular flexibility index (Phi) is 4.28. The number of para-hydroxylation sites is 2. The highest BCUT2D eigenvalue weighted by atomic mass is 32.2. The van der Waals surface area contributed by atoms with Crippen LogP contribution in [0.4, 0.5) is 5.13 Å². The van der Waals surface area contributed by atoms with E-state index in [0.717, 1.165) is 34.2 Å². The van der Waals surface area contributed by atoms with Crippen LogP contribution in [0.1, 0.15) is 30.3 Å². The first kappa shape index (κ1) is 15.7. The van der Waals surface area contributed by atoms with Crippen LogP contribution >= 0.6 is 23.1 Å². The van der Waals surface area contributed by atoms with Gasteiger partial charge in [-0.3, -0.25) is 4.79 Å². The molecule has 1 aliphatic rings. The van der Waals surface area contributed by atoms with Crippen molar-refractivity contribution in [2.75, 3.05) is 5.32 Å². The van der Waals surface area contributed by atoms with Gasteiger partial charge in [0.15, 0.2) is 10.3 Å². The maximum Gasteiger partial charge on any atom is 0.239 e. The standard InChI is InChI=1S/C17H18N4OS2/c1-10(23-16-18-11-6-2-3-7-12(11)19-16)15(22)21-17-20-13-8-4-5-9-14(13)24-17/h2-3,6-7,10H,4-5,8-9H2,1H3,(H,18,19)(H,20,21,22). The molecule has 0 saturated carbocycles. The number of hydrogen-bond acceptors (Lipinski definition) is 5. The molecule has 3 aromatic rings. The van der Waals surface area contributed by atoms with E-state index in [1.165, 1.54) is 35.2 Å². The average molecular weight is 358 g/mol. The summed E-state index contributed by atoms with van der Waals surface area (Å²) in [6.07, 6.45) is 4.54. The van der Waals surface area contributed by atoms with Crippen molar-refractivity contribution in [1.82, 2.24) is 15.0 Å². The molecule has 0 radical (unpaired) electrons. The largest absolute Gasteiger partial charge is 0.333 e. The van der Waals surface area contributed by atoms with Crippen LogP contribution in [0.15, 0.2) is 29.4 Å². The van der Waals surface area contributed by atoms with E-state index in [0.29, 0.717) is 0 Å². The smallest absolute Gasteiger partial charge is 0.239 e. The fourth-order valence-corrected chi connectivity index (χ4v) is 4.69. The maximum absolute atomic E-state index is 12.4. The highest BCUT2D eigenvalue weighted by Gasteiger charge is 2.20. The zero-order chi connectivity index (χ0) is 16.5. The molecule has 4 rings (SSSR count). The number of carbonyl (C=O) groups excluding carboxylic acids is 1. The van der Waals surface area contributed by atoms with E-state index in [1.807, 2.05) is 31.2 Å². The number of benzene rings is 1.